The highest BCUT2D eigenvalue weighted by Gasteiger charge is 2.52. The third-order valence-electron chi connectivity index (χ3n) is 9.96. The van der Waals surface area contributed by atoms with Gasteiger partial charge in [0.15, 0.2) is 0 Å². The number of rotatable bonds is 9. The van der Waals surface area contributed by atoms with Crippen LogP contribution in [0.15, 0.2) is 18.3 Å². The number of aryl methyl sites for hydroxylation is 1. The zero-order valence-electron chi connectivity index (χ0n) is 24.7. The Labute approximate surface area is 259 Å². The molecule has 6 heterocycles. The first-order valence-corrected chi connectivity index (χ1v) is 16.0. The van der Waals surface area contributed by atoms with E-state index in [0.717, 1.165) is 43.4 Å². The number of aliphatic hydroxyl groups is 1. The van der Waals surface area contributed by atoms with Crippen LogP contribution in [0.25, 0.3) is 0 Å². The van der Waals surface area contributed by atoms with Crippen LogP contribution in [0, 0.1) is 11.3 Å². The van der Waals surface area contributed by atoms with Crippen LogP contribution in [0.2, 0.25) is 0 Å². The maximum Gasteiger partial charge on any atom is 0.323 e. The molecule has 4 aliphatic rings. The number of aromatic nitrogens is 4. The minimum Gasteiger partial charge on any atom is -0.461 e. The highest BCUT2D eigenvalue weighted by Crippen LogP contribution is 2.52. The molecule has 0 bridgehead atoms. The van der Waals surface area contributed by atoms with Crippen molar-refractivity contribution in [2.45, 2.75) is 62.2 Å². The summed E-state index contributed by atoms with van der Waals surface area (Å²) in [5, 5.41) is 20.5. The van der Waals surface area contributed by atoms with Crippen LogP contribution < -0.4 is 26.0 Å². The van der Waals surface area contributed by atoms with E-state index in [1.54, 1.807) is 6.20 Å². The molecule has 1 unspecified atom stereocenters. The van der Waals surface area contributed by atoms with E-state index >= 15 is 0 Å². The third kappa shape index (κ3) is 4.69. The maximum absolute atomic E-state index is 14.5. The number of nitrogen functional groups attached to an aromatic ring is 2. The number of pyridine rings is 1. The van der Waals surface area contributed by atoms with Crippen LogP contribution in [-0.2, 0) is 11.8 Å². The summed E-state index contributed by atoms with van der Waals surface area (Å²) in [6, 6.07) is 5.90. The predicted octanol–water partition coefficient (Wildman–Crippen LogP) is 2.58. The van der Waals surface area contributed by atoms with Gasteiger partial charge in [0.05, 0.1) is 23.8 Å². The van der Waals surface area contributed by atoms with E-state index in [1.165, 1.54) is 16.2 Å². The molecule has 0 aromatic carbocycles. The largest absolute Gasteiger partial charge is 0.461 e. The molecule has 0 saturated carbocycles. The fourth-order valence-corrected chi connectivity index (χ4v) is 8.95. The van der Waals surface area contributed by atoms with Gasteiger partial charge in [-0.2, -0.15) is 20.2 Å². The number of fused-ring (bicyclic) bond motifs is 3. The molecule has 14 heteroatoms. The fourth-order valence-electron chi connectivity index (χ4n) is 7.81. The molecule has 3 atom stereocenters. The van der Waals surface area contributed by atoms with E-state index in [9.17, 15) is 14.8 Å². The van der Waals surface area contributed by atoms with Crippen molar-refractivity contribution in [1.29, 1.82) is 5.26 Å². The summed E-state index contributed by atoms with van der Waals surface area (Å²) in [4.78, 5) is 25.9. The van der Waals surface area contributed by atoms with Crippen LogP contribution in [0.4, 0.5) is 27.1 Å². The molecule has 12 nitrogen and oxygen atoms in total. The second-order valence-electron chi connectivity index (χ2n) is 12.5. The smallest absolute Gasteiger partial charge is 0.323 e. The lowest BCUT2D eigenvalue weighted by Crippen LogP contribution is -2.59. The normalized spacial score (nSPS) is 24.1. The van der Waals surface area contributed by atoms with Gasteiger partial charge in [-0.1, -0.05) is 6.07 Å². The minimum atomic E-state index is -0.868. The van der Waals surface area contributed by atoms with Crippen molar-refractivity contribution in [2.24, 2.45) is 0 Å². The van der Waals surface area contributed by atoms with Crippen molar-refractivity contribution >= 4 is 34.1 Å². The molecule has 7 rings (SSSR count). The summed E-state index contributed by atoms with van der Waals surface area (Å²) in [5.74, 6) is 1.19. The molecule has 3 saturated heterocycles. The Morgan fingerprint density at radius 1 is 1.30 bits per heavy atom. The average molecular weight is 621 g/mol. The average Bonchev–Trinajstić information content (AvgIpc) is 3.72. The first kappa shape index (κ1) is 28.9. The molecular weight excluding hydrogens is 583 g/mol. The molecule has 232 valence electrons. The number of aliphatic hydroxyl groups excluding tert-OH is 1. The number of alkyl halides is 1. The summed E-state index contributed by atoms with van der Waals surface area (Å²) in [6.07, 6.45) is 4.93. The van der Waals surface area contributed by atoms with E-state index in [4.69, 9.17) is 31.2 Å². The Morgan fingerprint density at radius 2 is 2.14 bits per heavy atom. The molecule has 1 spiro atoms. The highest BCUT2D eigenvalue weighted by atomic mass is 32.1. The van der Waals surface area contributed by atoms with Crippen LogP contribution in [0.5, 0.6) is 6.01 Å². The summed E-state index contributed by atoms with van der Waals surface area (Å²) in [7, 11) is 0. The molecule has 1 aliphatic carbocycles. The molecular formula is C30H37FN10O2S. The number of ether oxygens (including phenoxy) is 1. The lowest BCUT2D eigenvalue weighted by atomic mass is 9.74. The number of nitrogens with zero attached hydrogens (tertiary/aromatic N) is 8. The standard InChI is InChI=1S/C30H37FN10O2S/c1-18(20-4-2-8-35-24(20)33)41(10-11-42)27-36-26(37-28(38-27)43-17-30-6-3-9-40(30)14-19(31)12-30)39-15-29(16-39)7-5-22-23(29)21(13-32)25(34)44-22/h2,4,8,18-19,42H,3,5-7,9-12,14-17,34H2,1H3,(H2,33,35)/t18?,19-,30+/m1/s1. The van der Waals surface area contributed by atoms with E-state index < -0.39 is 6.17 Å². The van der Waals surface area contributed by atoms with Gasteiger partial charge in [0.2, 0.25) is 11.9 Å². The third-order valence-corrected chi connectivity index (χ3v) is 11.0. The van der Waals surface area contributed by atoms with E-state index in [0.29, 0.717) is 54.3 Å². The van der Waals surface area contributed by atoms with Crippen LogP contribution in [0.1, 0.15) is 60.2 Å². The first-order valence-electron chi connectivity index (χ1n) is 15.2. The van der Waals surface area contributed by atoms with Gasteiger partial charge in [-0.25, -0.2) is 9.37 Å². The summed E-state index contributed by atoms with van der Waals surface area (Å²) < 4.78 is 20.8. The Kier molecular flexibility index (Phi) is 7.22. The van der Waals surface area contributed by atoms with Crippen molar-refractivity contribution < 1.29 is 14.2 Å². The first-order chi connectivity index (χ1) is 21.3. The predicted molar refractivity (Wildman–Crippen MR) is 166 cm³/mol. The number of nitriles is 1. The van der Waals surface area contributed by atoms with Gasteiger partial charge in [-0.05, 0) is 50.8 Å². The molecule has 0 amide bonds. The second kappa shape index (κ2) is 11.0. The number of hydrogen-bond donors (Lipinski definition) is 3. The zero-order chi connectivity index (χ0) is 30.6. The van der Waals surface area contributed by atoms with Crippen molar-refractivity contribution in [3.63, 3.8) is 0 Å². The van der Waals surface area contributed by atoms with Crippen molar-refractivity contribution in [2.75, 3.05) is 67.2 Å². The topological polar surface area (TPSA) is 167 Å². The Bertz CT molecular complexity index is 1610. The lowest BCUT2D eigenvalue weighted by molar-refractivity contribution is 0.107. The van der Waals surface area contributed by atoms with Crippen molar-refractivity contribution in [3.8, 4) is 12.1 Å². The maximum atomic E-state index is 14.5. The van der Waals surface area contributed by atoms with Gasteiger partial charge in [0.25, 0.3) is 0 Å². The van der Waals surface area contributed by atoms with Gasteiger partial charge in [-0.3, -0.25) is 4.90 Å². The summed E-state index contributed by atoms with van der Waals surface area (Å²) in [6.45, 7) is 4.93. The molecule has 3 aliphatic heterocycles. The summed E-state index contributed by atoms with van der Waals surface area (Å²) in [5.41, 5.74) is 14.4. The number of hydrogen-bond acceptors (Lipinski definition) is 13. The SMILES string of the molecule is CC(c1cccnc1N)N(CCO)c1nc(OC[C@@]23CCCN2C[C@H](F)C3)nc(N2CC3(CCc4sc(N)c(C#N)c43)C2)n1. The molecule has 3 aromatic rings. The van der Waals surface area contributed by atoms with E-state index in [1.807, 2.05) is 24.0 Å². The van der Waals surface area contributed by atoms with Crippen LogP contribution in [-0.4, -0.2) is 87.6 Å². The Morgan fingerprint density at radius 3 is 2.91 bits per heavy atom. The zero-order valence-corrected chi connectivity index (χ0v) is 25.6. The van der Waals surface area contributed by atoms with Gasteiger partial charge in [0, 0.05) is 54.7 Å². The Balaban J connectivity index is 1.22. The summed E-state index contributed by atoms with van der Waals surface area (Å²) >= 11 is 1.52. The van der Waals surface area contributed by atoms with Gasteiger partial charge in [0.1, 0.15) is 29.7 Å². The van der Waals surface area contributed by atoms with E-state index in [2.05, 4.69) is 20.9 Å². The van der Waals surface area contributed by atoms with Crippen LogP contribution in [0.3, 0.4) is 0 Å². The fraction of sp³-hybridized carbons (Fsp3) is 0.567. The number of thiophene rings is 1. The van der Waals surface area contributed by atoms with Crippen LogP contribution >= 0.6 is 11.3 Å². The number of nitrogens with two attached hydrogens (primary N) is 2. The molecule has 3 aromatic heterocycles. The number of halogens is 1. The monoisotopic (exact) mass is 620 g/mol. The highest BCUT2D eigenvalue weighted by molar-refractivity contribution is 7.16. The van der Waals surface area contributed by atoms with Gasteiger partial charge >= 0.3 is 6.01 Å². The Hall–Kier alpha value is -3.80. The van der Waals surface area contributed by atoms with Gasteiger partial charge in [-0.15, -0.1) is 11.3 Å². The molecule has 3 fully saturated rings. The number of anilines is 4. The second-order valence-corrected chi connectivity index (χ2v) is 13.7. The quantitative estimate of drug-likeness (QED) is 0.320. The minimum absolute atomic E-state index is 0.135. The molecule has 0 radical (unpaired) electrons. The molecule has 5 N–H and O–H groups in total. The van der Waals surface area contributed by atoms with Gasteiger partial charge < -0.3 is 31.1 Å². The van der Waals surface area contributed by atoms with Crippen molar-refractivity contribution in [3.05, 3.63) is 39.9 Å². The van der Waals surface area contributed by atoms with E-state index in [-0.39, 0.29) is 42.8 Å². The lowest BCUT2D eigenvalue weighted by Gasteiger charge is -2.48. The van der Waals surface area contributed by atoms with Crippen molar-refractivity contribution in [1.82, 2.24) is 24.8 Å². The molecule has 44 heavy (non-hydrogen) atoms.